The Balaban J connectivity index is 2.20. The molecule has 3 N–H and O–H groups in total. The van der Waals surface area contributed by atoms with Gasteiger partial charge in [-0.3, -0.25) is 0 Å². The lowest BCUT2D eigenvalue weighted by Gasteiger charge is -2.43. The molecule has 0 saturated heterocycles. The Bertz CT molecular complexity index is 429. The quantitative estimate of drug-likeness (QED) is 0.883. The first-order valence-corrected chi connectivity index (χ1v) is 7.97. The van der Waals surface area contributed by atoms with Crippen molar-refractivity contribution in [2.45, 2.75) is 51.6 Å². The van der Waals surface area contributed by atoms with Gasteiger partial charge in [0.15, 0.2) is 0 Å². The number of nitrogens with two attached hydrogens (primary N) is 1. The minimum atomic E-state index is -0.378. The highest BCUT2D eigenvalue weighted by molar-refractivity contribution is 6.30. The van der Waals surface area contributed by atoms with Crippen LogP contribution in [0.2, 0.25) is 5.02 Å². The first-order chi connectivity index (χ1) is 9.45. The van der Waals surface area contributed by atoms with E-state index >= 15 is 0 Å². The average Bonchev–Trinajstić information content (AvgIpc) is 2.41. The monoisotopic (exact) mass is 295 g/mol. The molecule has 0 amide bonds. The zero-order valence-electron chi connectivity index (χ0n) is 12.5. The smallest absolute Gasteiger partial charge is 0.0654 e. The van der Waals surface area contributed by atoms with Crippen molar-refractivity contribution in [2.75, 3.05) is 6.54 Å². The third kappa shape index (κ3) is 3.36. The van der Waals surface area contributed by atoms with Crippen molar-refractivity contribution in [3.63, 3.8) is 0 Å². The second-order valence-corrected chi connectivity index (χ2v) is 7.16. The lowest BCUT2D eigenvalue weighted by Crippen LogP contribution is -2.41. The van der Waals surface area contributed by atoms with Crippen LogP contribution in [0.4, 0.5) is 0 Å². The van der Waals surface area contributed by atoms with E-state index in [1.54, 1.807) is 0 Å². The summed E-state index contributed by atoms with van der Waals surface area (Å²) in [6.07, 6.45) is 4.38. The van der Waals surface area contributed by atoms with Gasteiger partial charge in [-0.05, 0) is 41.9 Å². The molecule has 1 fully saturated rings. The SMILES string of the molecule is CC1(C)CCCCC1C(O)C(CN)c1ccc(Cl)cc1. The molecule has 2 rings (SSSR count). The van der Waals surface area contributed by atoms with Crippen LogP contribution in [-0.4, -0.2) is 17.8 Å². The van der Waals surface area contributed by atoms with Crippen LogP contribution < -0.4 is 5.73 Å². The van der Waals surface area contributed by atoms with E-state index in [1.807, 2.05) is 24.3 Å². The molecule has 0 bridgehead atoms. The van der Waals surface area contributed by atoms with Crippen LogP contribution >= 0.6 is 11.6 Å². The van der Waals surface area contributed by atoms with E-state index in [9.17, 15) is 5.11 Å². The number of benzene rings is 1. The Morgan fingerprint density at radius 3 is 2.50 bits per heavy atom. The third-order valence-electron chi connectivity index (χ3n) is 4.97. The first-order valence-electron chi connectivity index (χ1n) is 7.59. The normalized spacial score (nSPS) is 25.1. The van der Waals surface area contributed by atoms with E-state index in [4.69, 9.17) is 17.3 Å². The number of halogens is 1. The highest BCUT2D eigenvalue weighted by atomic mass is 35.5. The highest BCUT2D eigenvalue weighted by Gasteiger charge is 2.39. The predicted octanol–water partition coefficient (Wildman–Crippen LogP) is 3.96. The summed E-state index contributed by atoms with van der Waals surface area (Å²) >= 11 is 5.94. The Labute approximate surface area is 127 Å². The summed E-state index contributed by atoms with van der Waals surface area (Å²) in [7, 11) is 0. The van der Waals surface area contributed by atoms with Gasteiger partial charge in [-0.15, -0.1) is 0 Å². The van der Waals surface area contributed by atoms with Gasteiger partial charge in [0.2, 0.25) is 0 Å². The summed E-state index contributed by atoms with van der Waals surface area (Å²) in [5.41, 5.74) is 7.23. The van der Waals surface area contributed by atoms with Gasteiger partial charge in [0.1, 0.15) is 0 Å². The minimum Gasteiger partial charge on any atom is -0.392 e. The fourth-order valence-electron chi connectivity index (χ4n) is 3.62. The number of aliphatic hydroxyl groups excluding tert-OH is 1. The second-order valence-electron chi connectivity index (χ2n) is 6.73. The van der Waals surface area contributed by atoms with Gasteiger partial charge >= 0.3 is 0 Å². The van der Waals surface area contributed by atoms with Crippen LogP contribution in [0, 0.1) is 11.3 Å². The van der Waals surface area contributed by atoms with Crippen LogP contribution in [-0.2, 0) is 0 Å². The molecule has 1 aromatic carbocycles. The molecule has 0 radical (unpaired) electrons. The van der Waals surface area contributed by atoms with E-state index in [2.05, 4.69) is 13.8 Å². The molecule has 0 spiro atoms. The summed E-state index contributed by atoms with van der Waals surface area (Å²) in [6.45, 7) is 5.01. The molecule has 0 heterocycles. The molecule has 2 nitrogen and oxygen atoms in total. The maximum Gasteiger partial charge on any atom is 0.0654 e. The summed E-state index contributed by atoms with van der Waals surface area (Å²) in [6, 6.07) is 7.72. The predicted molar refractivity (Wildman–Crippen MR) is 85.0 cm³/mol. The lowest BCUT2D eigenvalue weighted by molar-refractivity contribution is -0.00895. The molecule has 1 aromatic rings. The zero-order chi connectivity index (χ0) is 14.8. The summed E-state index contributed by atoms with van der Waals surface area (Å²) in [4.78, 5) is 0. The van der Waals surface area contributed by atoms with Crippen molar-refractivity contribution in [3.05, 3.63) is 34.9 Å². The molecule has 3 heteroatoms. The van der Waals surface area contributed by atoms with Gasteiger partial charge < -0.3 is 10.8 Å². The average molecular weight is 296 g/mol. The molecule has 0 aromatic heterocycles. The summed E-state index contributed by atoms with van der Waals surface area (Å²) < 4.78 is 0. The Hall–Kier alpha value is -0.570. The van der Waals surface area contributed by atoms with Crippen LogP contribution in [0.1, 0.15) is 51.0 Å². The van der Waals surface area contributed by atoms with Crippen molar-refractivity contribution >= 4 is 11.6 Å². The number of aliphatic hydroxyl groups is 1. The zero-order valence-corrected chi connectivity index (χ0v) is 13.2. The van der Waals surface area contributed by atoms with E-state index in [-0.39, 0.29) is 17.4 Å². The standard InChI is InChI=1S/C17H26ClNO/c1-17(2)10-4-3-5-15(17)16(20)14(11-19)12-6-8-13(18)9-7-12/h6-9,14-16,20H,3-5,10-11,19H2,1-2H3. The maximum absolute atomic E-state index is 10.9. The molecule has 1 saturated carbocycles. The van der Waals surface area contributed by atoms with Crippen molar-refractivity contribution in [2.24, 2.45) is 17.1 Å². The fraction of sp³-hybridized carbons (Fsp3) is 0.647. The number of rotatable bonds is 4. The van der Waals surface area contributed by atoms with Gasteiger partial charge in [0.05, 0.1) is 6.10 Å². The Kier molecular flexibility index (Phi) is 5.11. The fourth-order valence-corrected chi connectivity index (χ4v) is 3.74. The largest absolute Gasteiger partial charge is 0.392 e. The van der Waals surface area contributed by atoms with E-state index in [0.29, 0.717) is 12.5 Å². The van der Waals surface area contributed by atoms with Gasteiger partial charge in [0.25, 0.3) is 0 Å². The number of hydrogen-bond acceptors (Lipinski definition) is 2. The first kappa shape index (κ1) is 15.8. The van der Waals surface area contributed by atoms with Gasteiger partial charge in [-0.25, -0.2) is 0 Å². The molecule has 0 aliphatic heterocycles. The van der Waals surface area contributed by atoms with Crippen molar-refractivity contribution < 1.29 is 5.11 Å². The van der Waals surface area contributed by atoms with Crippen LogP contribution in [0.25, 0.3) is 0 Å². The molecule has 3 unspecified atom stereocenters. The van der Waals surface area contributed by atoms with Crippen LogP contribution in [0.3, 0.4) is 0 Å². The van der Waals surface area contributed by atoms with Crippen LogP contribution in [0.15, 0.2) is 24.3 Å². The Morgan fingerprint density at radius 2 is 1.95 bits per heavy atom. The highest BCUT2D eigenvalue weighted by Crippen LogP contribution is 2.45. The minimum absolute atomic E-state index is 0.00496. The van der Waals surface area contributed by atoms with E-state index in [1.165, 1.54) is 19.3 Å². The molecular weight excluding hydrogens is 270 g/mol. The topological polar surface area (TPSA) is 46.2 Å². The molecular formula is C17H26ClNO. The van der Waals surface area contributed by atoms with Gasteiger partial charge in [0, 0.05) is 17.5 Å². The molecule has 3 atom stereocenters. The van der Waals surface area contributed by atoms with Crippen molar-refractivity contribution in [3.8, 4) is 0 Å². The third-order valence-corrected chi connectivity index (χ3v) is 5.22. The van der Waals surface area contributed by atoms with E-state index < -0.39 is 0 Å². The van der Waals surface area contributed by atoms with E-state index in [0.717, 1.165) is 17.0 Å². The Morgan fingerprint density at radius 1 is 1.30 bits per heavy atom. The molecule has 20 heavy (non-hydrogen) atoms. The number of hydrogen-bond donors (Lipinski definition) is 2. The van der Waals surface area contributed by atoms with Gasteiger partial charge in [-0.1, -0.05) is 50.4 Å². The lowest BCUT2D eigenvalue weighted by atomic mass is 9.64. The van der Waals surface area contributed by atoms with Crippen molar-refractivity contribution in [1.82, 2.24) is 0 Å². The molecule has 1 aliphatic rings. The second kappa shape index (κ2) is 6.46. The maximum atomic E-state index is 10.9. The van der Waals surface area contributed by atoms with Crippen molar-refractivity contribution in [1.29, 1.82) is 0 Å². The van der Waals surface area contributed by atoms with Gasteiger partial charge in [-0.2, -0.15) is 0 Å². The summed E-state index contributed by atoms with van der Waals surface area (Å²) in [5, 5.41) is 11.6. The summed E-state index contributed by atoms with van der Waals surface area (Å²) in [5.74, 6) is 0.315. The molecule has 1 aliphatic carbocycles. The molecule has 112 valence electrons. The van der Waals surface area contributed by atoms with Crippen LogP contribution in [0.5, 0.6) is 0 Å².